The third-order valence-electron chi connectivity index (χ3n) is 6.59. The summed E-state index contributed by atoms with van der Waals surface area (Å²) >= 11 is 0. The average Bonchev–Trinajstić information content (AvgIpc) is 2.65. The highest BCUT2D eigenvalue weighted by molar-refractivity contribution is 5.78. The summed E-state index contributed by atoms with van der Waals surface area (Å²) in [6.07, 6.45) is 6.62. The predicted octanol–water partition coefficient (Wildman–Crippen LogP) is 6.13. The summed E-state index contributed by atoms with van der Waals surface area (Å²) in [6.45, 7) is 7.29. The third kappa shape index (κ3) is 1.92. The first kappa shape index (κ1) is 14.8. The van der Waals surface area contributed by atoms with E-state index in [1.807, 2.05) is 0 Å². The molecule has 0 bridgehead atoms. The van der Waals surface area contributed by atoms with Crippen molar-refractivity contribution in [3.63, 3.8) is 0 Å². The van der Waals surface area contributed by atoms with Crippen molar-refractivity contribution >= 4 is 11.4 Å². The van der Waals surface area contributed by atoms with Crippen molar-refractivity contribution in [3.8, 4) is 0 Å². The summed E-state index contributed by atoms with van der Waals surface area (Å²) in [5.41, 5.74) is 6.18. The summed E-state index contributed by atoms with van der Waals surface area (Å²) < 4.78 is 0. The zero-order valence-corrected chi connectivity index (χ0v) is 14.6. The average molecular weight is 305 g/mol. The molecular formula is C22H27N. The van der Waals surface area contributed by atoms with E-state index in [2.05, 4.69) is 74.2 Å². The second kappa shape index (κ2) is 5.12. The molecule has 1 nitrogen and oxygen atoms in total. The molecule has 0 spiro atoms. The lowest BCUT2D eigenvalue weighted by Crippen LogP contribution is -2.52. The molecule has 0 N–H and O–H groups in total. The molecule has 4 rings (SSSR count). The molecule has 2 aliphatic rings. The number of benzene rings is 2. The first-order valence-corrected chi connectivity index (χ1v) is 9.03. The van der Waals surface area contributed by atoms with Gasteiger partial charge in [0, 0.05) is 16.8 Å². The number of hydrogen-bond acceptors (Lipinski definition) is 1. The van der Waals surface area contributed by atoms with Crippen LogP contribution in [0.4, 0.5) is 11.4 Å². The number of nitrogens with zero attached hydrogens (tertiary/aromatic N) is 1. The first-order chi connectivity index (χ1) is 11.1. The van der Waals surface area contributed by atoms with Crippen LogP contribution in [0.5, 0.6) is 0 Å². The Bertz CT molecular complexity index is 720. The van der Waals surface area contributed by atoms with Gasteiger partial charge in [-0.2, -0.15) is 0 Å². The molecule has 0 saturated heterocycles. The van der Waals surface area contributed by atoms with E-state index < -0.39 is 0 Å². The molecule has 1 fully saturated rings. The minimum absolute atomic E-state index is 0.166. The van der Waals surface area contributed by atoms with Gasteiger partial charge < -0.3 is 4.90 Å². The van der Waals surface area contributed by atoms with E-state index in [-0.39, 0.29) is 11.0 Å². The lowest BCUT2D eigenvalue weighted by Gasteiger charge is -2.46. The molecule has 2 atom stereocenters. The topological polar surface area (TPSA) is 3.24 Å². The van der Waals surface area contributed by atoms with Crippen molar-refractivity contribution in [3.05, 3.63) is 59.7 Å². The van der Waals surface area contributed by atoms with Gasteiger partial charge in [0.15, 0.2) is 0 Å². The van der Waals surface area contributed by atoms with Crippen molar-refractivity contribution in [2.24, 2.45) is 0 Å². The Morgan fingerprint density at radius 1 is 0.826 bits per heavy atom. The summed E-state index contributed by atoms with van der Waals surface area (Å²) in [5, 5.41) is 0. The number of fused-ring (bicyclic) bond motifs is 3. The van der Waals surface area contributed by atoms with Crippen LogP contribution in [0.3, 0.4) is 0 Å². The summed E-state index contributed by atoms with van der Waals surface area (Å²) in [5.74, 6) is 0. The van der Waals surface area contributed by atoms with Crippen molar-refractivity contribution in [2.75, 3.05) is 4.90 Å². The van der Waals surface area contributed by atoms with E-state index in [1.54, 1.807) is 5.56 Å². The van der Waals surface area contributed by atoms with Crippen molar-refractivity contribution in [1.29, 1.82) is 0 Å². The van der Waals surface area contributed by atoms with Crippen LogP contribution >= 0.6 is 0 Å². The van der Waals surface area contributed by atoms with Crippen LogP contribution in [0.1, 0.15) is 57.1 Å². The standard InChI is InChI=1S/C22H27N/c1-17-11-10-14-19-20(17)23(18-12-6-4-7-13-18)22(3)16-9-5-8-15-21(19,22)2/h4,6-7,10-14H,5,8-9,15-16H2,1-3H3. The maximum absolute atomic E-state index is 2.67. The van der Waals surface area contributed by atoms with E-state index in [4.69, 9.17) is 0 Å². The molecule has 2 unspecified atom stereocenters. The third-order valence-corrected chi connectivity index (χ3v) is 6.59. The molecule has 1 heteroatoms. The highest BCUT2D eigenvalue weighted by atomic mass is 15.3. The van der Waals surface area contributed by atoms with Gasteiger partial charge >= 0.3 is 0 Å². The molecular weight excluding hydrogens is 278 g/mol. The van der Waals surface area contributed by atoms with Crippen LogP contribution in [0.2, 0.25) is 0 Å². The Morgan fingerprint density at radius 2 is 1.57 bits per heavy atom. The van der Waals surface area contributed by atoms with E-state index in [0.717, 1.165) is 0 Å². The van der Waals surface area contributed by atoms with Gasteiger partial charge in [-0.15, -0.1) is 0 Å². The van der Waals surface area contributed by atoms with Gasteiger partial charge in [-0.1, -0.05) is 62.6 Å². The monoisotopic (exact) mass is 305 g/mol. The van der Waals surface area contributed by atoms with E-state index in [9.17, 15) is 0 Å². The van der Waals surface area contributed by atoms with Crippen LogP contribution in [0.15, 0.2) is 48.5 Å². The van der Waals surface area contributed by atoms with Gasteiger partial charge in [0.2, 0.25) is 0 Å². The van der Waals surface area contributed by atoms with Gasteiger partial charge in [-0.05, 0) is 49.9 Å². The van der Waals surface area contributed by atoms with Gasteiger partial charge in [0.05, 0.1) is 5.54 Å². The van der Waals surface area contributed by atoms with Crippen LogP contribution in [0.25, 0.3) is 0 Å². The van der Waals surface area contributed by atoms with Gasteiger partial charge in [0.1, 0.15) is 0 Å². The SMILES string of the molecule is Cc1cccc2c1N(c1ccccc1)C1(C)CCCCCC21C. The largest absolute Gasteiger partial charge is 0.334 e. The first-order valence-electron chi connectivity index (χ1n) is 9.03. The number of hydrogen-bond donors (Lipinski definition) is 0. The van der Waals surface area contributed by atoms with E-state index in [1.165, 1.54) is 49.0 Å². The van der Waals surface area contributed by atoms with E-state index >= 15 is 0 Å². The Kier molecular flexibility index (Phi) is 3.30. The fourth-order valence-electron chi connectivity index (χ4n) is 5.09. The highest BCUT2D eigenvalue weighted by Crippen LogP contribution is 2.60. The Balaban J connectivity index is 2.01. The zero-order chi connectivity index (χ0) is 16.1. The quantitative estimate of drug-likeness (QED) is 0.613. The zero-order valence-electron chi connectivity index (χ0n) is 14.6. The predicted molar refractivity (Wildman–Crippen MR) is 98.6 cm³/mol. The lowest BCUT2D eigenvalue weighted by atomic mass is 9.66. The van der Waals surface area contributed by atoms with Crippen molar-refractivity contribution < 1.29 is 0 Å². The fraction of sp³-hybridized carbons (Fsp3) is 0.455. The maximum atomic E-state index is 2.67. The Hall–Kier alpha value is -1.76. The minimum atomic E-state index is 0.166. The van der Waals surface area contributed by atoms with Crippen LogP contribution in [-0.2, 0) is 5.41 Å². The Labute approximate surface area is 140 Å². The molecule has 2 aromatic carbocycles. The normalized spacial score (nSPS) is 29.8. The van der Waals surface area contributed by atoms with E-state index in [0.29, 0.717) is 0 Å². The minimum Gasteiger partial charge on any atom is -0.334 e. The second-order valence-electron chi connectivity index (χ2n) is 7.81. The summed E-state index contributed by atoms with van der Waals surface area (Å²) in [6, 6.07) is 17.9. The summed E-state index contributed by atoms with van der Waals surface area (Å²) in [7, 11) is 0. The fourth-order valence-corrected chi connectivity index (χ4v) is 5.09. The van der Waals surface area contributed by atoms with Gasteiger partial charge in [-0.25, -0.2) is 0 Å². The van der Waals surface area contributed by atoms with Crippen molar-refractivity contribution in [2.45, 2.75) is 63.8 Å². The van der Waals surface area contributed by atoms with Crippen LogP contribution in [0, 0.1) is 6.92 Å². The van der Waals surface area contributed by atoms with Gasteiger partial charge in [-0.3, -0.25) is 0 Å². The molecule has 2 aromatic rings. The molecule has 0 amide bonds. The Morgan fingerprint density at radius 3 is 2.35 bits per heavy atom. The number of aryl methyl sites for hydroxylation is 1. The molecule has 0 aromatic heterocycles. The highest BCUT2D eigenvalue weighted by Gasteiger charge is 2.56. The molecule has 1 heterocycles. The molecule has 1 aliphatic carbocycles. The second-order valence-corrected chi connectivity index (χ2v) is 7.81. The number of anilines is 2. The molecule has 1 saturated carbocycles. The van der Waals surface area contributed by atoms with Crippen LogP contribution in [-0.4, -0.2) is 5.54 Å². The molecule has 23 heavy (non-hydrogen) atoms. The lowest BCUT2D eigenvalue weighted by molar-refractivity contribution is 0.261. The van der Waals surface area contributed by atoms with Crippen molar-refractivity contribution in [1.82, 2.24) is 0 Å². The van der Waals surface area contributed by atoms with Crippen LogP contribution < -0.4 is 4.90 Å². The number of para-hydroxylation sites is 2. The molecule has 120 valence electrons. The summed E-state index contributed by atoms with van der Waals surface area (Å²) in [4.78, 5) is 2.67. The molecule has 1 aliphatic heterocycles. The molecule has 0 radical (unpaired) electrons. The van der Waals surface area contributed by atoms with Gasteiger partial charge in [0.25, 0.3) is 0 Å². The number of rotatable bonds is 1. The maximum Gasteiger partial charge on any atom is 0.0518 e. The smallest absolute Gasteiger partial charge is 0.0518 e.